The van der Waals surface area contributed by atoms with E-state index in [1.807, 2.05) is 25.1 Å². The molecule has 2 aromatic heterocycles. The zero-order valence-electron chi connectivity index (χ0n) is 24.7. The molecular formula is C31H40Cl2N6O4. The molecule has 2 N–H and O–H groups in total. The van der Waals surface area contributed by atoms with Gasteiger partial charge in [-0.05, 0) is 68.6 Å². The second-order valence-corrected chi connectivity index (χ2v) is 11.8. The van der Waals surface area contributed by atoms with Crippen molar-refractivity contribution in [2.45, 2.75) is 45.7 Å². The third-order valence-electron chi connectivity index (χ3n) is 8.03. The van der Waals surface area contributed by atoms with E-state index in [0.717, 1.165) is 68.6 Å². The van der Waals surface area contributed by atoms with Crippen molar-refractivity contribution in [1.29, 1.82) is 0 Å². The molecule has 0 bridgehead atoms. The number of piperazine rings is 1. The summed E-state index contributed by atoms with van der Waals surface area (Å²) in [5.74, 6) is 2.51. The molecule has 2 aliphatic rings. The number of aliphatic hydroxyl groups is 1. The topological polar surface area (TPSA) is 115 Å². The van der Waals surface area contributed by atoms with Crippen molar-refractivity contribution in [2.24, 2.45) is 5.92 Å². The first kappa shape index (κ1) is 32.9. The van der Waals surface area contributed by atoms with E-state index in [0.29, 0.717) is 27.6 Å². The van der Waals surface area contributed by atoms with Gasteiger partial charge in [0.1, 0.15) is 0 Å². The minimum Gasteiger partial charge on any atom is -0.483 e. The Bertz CT molecular complexity index is 1300. The summed E-state index contributed by atoms with van der Waals surface area (Å²) in [6.07, 6.45) is 7.12. The number of nitrogens with zero attached hydrogens (tertiary/aromatic N) is 6. The Morgan fingerprint density at radius 1 is 1.00 bits per heavy atom. The van der Waals surface area contributed by atoms with Gasteiger partial charge >= 0.3 is 0 Å². The quantitative estimate of drug-likeness (QED) is 0.295. The first-order valence-electron chi connectivity index (χ1n) is 14.7. The zero-order chi connectivity index (χ0) is 30.8. The van der Waals surface area contributed by atoms with Crippen molar-refractivity contribution in [1.82, 2.24) is 24.8 Å². The van der Waals surface area contributed by atoms with Crippen LogP contribution >= 0.6 is 23.2 Å². The molecule has 4 heterocycles. The van der Waals surface area contributed by atoms with E-state index in [1.54, 1.807) is 18.5 Å². The van der Waals surface area contributed by atoms with Gasteiger partial charge in [-0.2, -0.15) is 0 Å². The van der Waals surface area contributed by atoms with Crippen LogP contribution in [-0.4, -0.2) is 93.4 Å². The molecule has 5 rings (SSSR count). The van der Waals surface area contributed by atoms with Gasteiger partial charge in [-0.25, -0.2) is 15.0 Å². The van der Waals surface area contributed by atoms with Gasteiger partial charge < -0.3 is 19.8 Å². The highest BCUT2D eigenvalue weighted by Gasteiger charge is 2.22. The van der Waals surface area contributed by atoms with Crippen molar-refractivity contribution >= 4 is 35.6 Å². The summed E-state index contributed by atoms with van der Waals surface area (Å²) in [5.41, 5.74) is 2.72. The van der Waals surface area contributed by atoms with Crippen molar-refractivity contribution in [2.75, 3.05) is 50.8 Å². The number of piperidine rings is 1. The number of aromatic nitrogens is 3. The molecule has 1 aromatic carbocycles. The molecule has 0 amide bonds. The molecule has 2 fully saturated rings. The second-order valence-electron chi connectivity index (χ2n) is 11.0. The molecule has 1 unspecified atom stereocenters. The molecule has 43 heavy (non-hydrogen) atoms. The van der Waals surface area contributed by atoms with Crippen molar-refractivity contribution in [3.05, 3.63) is 58.3 Å². The highest BCUT2D eigenvalue weighted by atomic mass is 35.5. The van der Waals surface area contributed by atoms with Crippen LogP contribution in [0.1, 0.15) is 38.7 Å². The van der Waals surface area contributed by atoms with E-state index >= 15 is 0 Å². The largest absolute Gasteiger partial charge is 0.483 e. The zero-order valence-corrected chi connectivity index (χ0v) is 26.2. The van der Waals surface area contributed by atoms with Crippen LogP contribution in [-0.2, 0) is 11.3 Å². The maximum Gasteiger partial charge on any atom is 0.290 e. The van der Waals surface area contributed by atoms with Gasteiger partial charge in [0.2, 0.25) is 11.8 Å². The van der Waals surface area contributed by atoms with Crippen LogP contribution in [0.4, 0.5) is 5.95 Å². The lowest BCUT2D eigenvalue weighted by atomic mass is 9.94. The second kappa shape index (κ2) is 16.2. The lowest BCUT2D eigenvalue weighted by Crippen LogP contribution is -2.51. The van der Waals surface area contributed by atoms with E-state index in [1.165, 1.54) is 19.3 Å². The summed E-state index contributed by atoms with van der Waals surface area (Å²) in [6.45, 7) is 10.6. The molecule has 0 radical (unpaired) electrons. The maximum atomic E-state index is 9.43. The third-order valence-corrected chi connectivity index (χ3v) is 8.47. The van der Waals surface area contributed by atoms with Gasteiger partial charge in [0.05, 0.1) is 24.7 Å². The summed E-state index contributed by atoms with van der Waals surface area (Å²) in [4.78, 5) is 29.2. The van der Waals surface area contributed by atoms with Crippen LogP contribution < -0.4 is 9.64 Å². The van der Waals surface area contributed by atoms with Crippen LogP contribution in [0.15, 0.2) is 42.7 Å². The molecule has 1 atom stereocenters. The number of ether oxygens (including phenoxy) is 1. The first-order chi connectivity index (χ1) is 20.8. The van der Waals surface area contributed by atoms with Crippen LogP contribution in [0.25, 0.3) is 11.3 Å². The summed E-state index contributed by atoms with van der Waals surface area (Å²) in [6, 6.07) is 9.72. The number of anilines is 1. The standard InChI is InChI=1S/C30H38Cl2N6O2.CH2O2/c1-3-22-4-6-36(7-5-22)19-23-12-28(24-14-25(31)16-26(32)15-24)35-29(13-23)40-27-17-33-30(34-18-27)38-10-8-37(9-11-38)21(2)20-39;2-1-3/h12-18,21-22,39H,3-11,19-20H2,1-2H3;1H,(H,2,3). The van der Waals surface area contributed by atoms with E-state index < -0.39 is 0 Å². The molecule has 0 aliphatic carbocycles. The fraction of sp³-hybridized carbons (Fsp3) is 0.484. The first-order valence-corrected chi connectivity index (χ1v) is 15.4. The number of aliphatic hydroxyl groups excluding tert-OH is 1. The Morgan fingerprint density at radius 3 is 2.21 bits per heavy atom. The Hall–Kier alpha value is -3.02. The van der Waals surface area contributed by atoms with Crippen LogP contribution in [0.2, 0.25) is 10.0 Å². The molecule has 3 aromatic rings. The number of hydrogen-bond donors (Lipinski definition) is 2. The SMILES string of the molecule is CCC1CCN(Cc2cc(Oc3cnc(N4CCN(C(C)CO)CC4)nc3)nc(-c3cc(Cl)cc(Cl)c3)c2)CC1.O=CO. The van der Waals surface area contributed by atoms with E-state index in [9.17, 15) is 5.11 Å². The summed E-state index contributed by atoms with van der Waals surface area (Å²) in [5, 5.41) is 17.5. The fourth-order valence-electron chi connectivity index (χ4n) is 5.49. The van der Waals surface area contributed by atoms with Gasteiger partial charge in [-0.15, -0.1) is 0 Å². The van der Waals surface area contributed by atoms with Crippen LogP contribution in [0.5, 0.6) is 11.6 Å². The predicted molar refractivity (Wildman–Crippen MR) is 169 cm³/mol. The number of halogens is 2. The number of carboxylic acid groups (broad SMARTS) is 1. The number of likely N-dealkylation sites (tertiary alicyclic amines) is 1. The van der Waals surface area contributed by atoms with Gasteiger partial charge in [0.15, 0.2) is 5.75 Å². The van der Waals surface area contributed by atoms with Crippen LogP contribution in [0.3, 0.4) is 0 Å². The molecule has 2 saturated heterocycles. The number of hydrogen-bond acceptors (Lipinski definition) is 9. The van der Waals surface area contributed by atoms with Gasteiger partial charge in [-0.3, -0.25) is 14.6 Å². The fourth-order valence-corrected chi connectivity index (χ4v) is 6.01. The maximum absolute atomic E-state index is 9.43. The van der Waals surface area contributed by atoms with Gasteiger partial charge in [-0.1, -0.05) is 36.5 Å². The number of carbonyl (C=O) groups is 1. The van der Waals surface area contributed by atoms with Gasteiger partial charge in [0.25, 0.3) is 6.47 Å². The molecule has 0 spiro atoms. The average Bonchev–Trinajstić information content (AvgIpc) is 3.01. The summed E-state index contributed by atoms with van der Waals surface area (Å²) >= 11 is 12.6. The Morgan fingerprint density at radius 2 is 1.63 bits per heavy atom. The number of benzene rings is 1. The normalized spacial score (nSPS) is 17.2. The predicted octanol–water partition coefficient (Wildman–Crippen LogP) is 5.46. The third kappa shape index (κ3) is 9.48. The Labute approximate surface area is 263 Å². The lowest BCUT2D eigenvalue weighted by molar-refractivity contribution is -0.122. The molecule has 10 nitrogen and oxygen atoms in total. The Kier molecular flexibility index (Phi) is 12.4. The minimum atomic E-state index is -0.250. The van der Waals surface area contributed by atoms with Crippen LogP contribution in [0, 0.1) is 5.92 Å². The Balaban J connectivity index is 0.00000135. The summed E-state index contributed by atoms with van der Waals surface area (Å²) in [7, 11) is 0. The van der Waals surface area contributed by atoms with E-state index in [4.69, 9.17) is 42.8 Å². The highest BCUT2D eigenvalue weighted by Crippen LogP contribution is 2.31. The van der Waals surface area contributed by atoms with Gasteiger partial charge in [0, 0.05) is 60.4 Å². The average molecular weight is 632 g/mol. The molecule has 12 heteroatoms. The van der Waals surface area contributed by atoms with Crippen molar-refractivity contribution in [3.63, 3.8) is 0 Å². The molecular weight excluding hydrogens is 591 g/mol. The monoisotopic (exact) mass is 630 g/mol. The molecule has 0 saturated carbocycles. The lowest BCUT2D eigenvalue weighted by Gasteiger charge is -2.37. The number of pyridine rings is 1. The van der Waals surface area contributed by atoms with E-state index in [-0.39, 0.29) is 19.1 Å². The minimum absolute atomic E-state index is 0.165. The van der Waals surface area contributed by atoms with Crippen molar-refractivity contribution < 1.29 is 19.7 Å². The smallest absolute Gasteiger partial charge is 0.290 e. The van der Waals surface area contributed by atoms with E-state index in [2.05, 4.69) is 37.7 Å². The molecule has 232 valence electrons. The molecule has 2 aliphatic heterocycles. The number of rotatable bonds is 9. The summed E-state index contributed by atoms with van der Waals surface area (Å²) < 4.78 is 6.20. The van der Waals surface area contributed by atoms with Crippen molar-refractivity contribution in [3.8, 4) is 22.9 Å². The highest BCUT2D eigenvalue weighted by molar-refractivity contribution is 6.35.